The Bertz CT molecular complexity index is 1150. The minimum absolute atomic E-state index is 0.0821. The summed E-state index contributed by atoms with van der Waals surface area (Å²) < 4.78 is 12.1. The number of benzene rings is 2. The van der Waals surface area contributed by atoms with E-state index in [-0.39, 0.29) is 11.6 Å². The van der Waals surface area contributed by atoms with E-state index in [0.29, 0.717) is 28.1 Å². The van der Waals surface area contributed by atoms with Crippen molar-refractivity contribution < 1.29 is 23.9 Å². The molecular weight excluding hydrogens is 500 g/mol. The number of amides is 4. The molecule has 0 atom stereocenters. The number of imide groups is 2. The van der Waals surface area contributed by atoms with Crippen molar-refractivity contribution >= 4 is 39.9 Å². The monoisotopic (exact) mass is 526 g/mol. The smallest absolute Gasteiger partial charge is 0.331 e. The van der Waals surface area contributed by atoms with E-state index in [9.17, 15) is 14.4 Å². The van der Waals surface area contributed by atoms with Crippen LogP contribution in [0.4, 0.5) is 4.79 Å². The van der Waals surface area contributed by atoms with Crippen molar-refractivity contribution in [2.45, 2.75) is 51.7 Å². The normalized spacial score (nSPS) is 18.3. The Labute approximate surface area is 207 Å². The lowest BCUT2D eigenvalue weighted by Crippen LogP contribution is -2.58. The fourth-order valence-corrected chi connectivity index (χ4v) is 4.83. The van der Waals surface area contributed by atoms with Gasteiger partial charge < -0.3 is 9.47 Å². The second-order valence-electron chi connectivity index (χ2n) is 8.59. The van der Waals surface area contributed by atoms with Gasteiger partial charge in [0.25, 0.3) is 11.8 Å². The summed E-state index contributed by atoms with van der Waals surface area (Å²) in [7, 11) is 1.53. The first kappa shape index (κ1) is 24.0. The van der Waals surface area contributed by atoms with Crippen molar-refractivity contribution in [2.24, 2.45) is 0 Å². The van der Waals surface area contributed by atoms with Crippen LogP contribution in [0.25, 0.3) is 6.08 Å². The number of hydrogen-bond donors (Lipinski definition) is 1. The summed E-state index contributed by atoms with van der Waals surface area (Å²) in [6.07, 6.45) is 6.00. The molecule has 2 aromatic rings. The Morgan fingerprint density at radius 3 is 2.56 bits per heavy atom. The standard InChI is InChI=1S/C26H27BrN2O5/c1-16-7-6-8-17(11-16)15-34-23-14-21(27)18(13-22(23)33-2)12-20-24(30)28-26(32)29(25(20)31)19-9-4-3-5-10-19/h6-8,11-14,19H,3-5,9-10,15H2,1-2H3,(H,28,30,32). The predicted molar refractivity (Wildman–Crippen MR) is 131 cm³/mol. The van der Waals surface area contributed by atoms with Gasteiger partial charge in [-0.15, -0.1) is 0 Å². The first-order valence-corrected chi connectivity index (χ1v) is 12.1. The van der Waals surface area contributed by atoms with Crippen LogP contribution in [0.3, 0.4) is 0 Å². The van der Waals surface area contributed by atoms with Crippen LogP contribution in [0.15, 0.2) is 46.4 Å². The molecule has 178 valence electrons. The molecule has 4 amide bonds. The number of aryl methyl sites for hydroxylation is 1. The number of methoxy groups -OCH3 is 1. The van der Waals surface area contributed by atoms with E-state index < -0.39 is 17.8 Å². The molecule has 0 radical (unpaired) electrons. The number of halogens is 1. The van der Waals surface area contributed by atoms with Crippen molar-refractivity contribution in [3.63, 3.8) is 0 Å². The number of hydrogen-bond acceptors (Lipinski definition) is 5. The summed E-state index contributed by atoms with van der Waals surface area (Å²) >= 11 is 3.51. The van der Waals surface area contributed by atoms with Crippen LogP contribution in [0.5, 0.6) is 11.5 Å². The van der Waals surface area contributed by atoms with Crippen LogP contribution < -0.4 is 14.8 Å². The van der Waals surface area contributed by atoms with Gasteiger partial charge in [-0.05, 0) is 49.1 Å². The molecule has 4 rings (SSSR count). The molecule has 1 N–H and O–H groups in total. The van der Waals surface area contributed by atoms with E-state index in [2.05, 4.69) is 21.2 Å². The number of urea groups is 1. The van der Waals surface area contributed by atoms with Crippen molar-refractivity contribution in [3.05, 3.63) is 63.1 Å². The van der Waals surface area contributed by atoms with Gasteiger partial charge in [0.1, 0.15) is 12.2 Å². The molecule has 2 fully saturated rings. The molecule has 0 aromatic heterocycles. The van der Waals surface area contributed by atoms with E-state index in [0.717, 1.165) is 43.2 Å². The highest BCUT2D eigenvalue weighted by molar-refractivity contribution is 9.10. The first-order chi connectivity index (χ1) is 16.4. The summed E-state index contributed by atoms with van der Waals surface area (Å²) in [5.41, 5.74) is 2.66. The van der Waals surface area contributed by atoms with Crippen molar-refractivity contribution in [1.29, 1.82) is 0 Å². The largest absolute Gasteiger partial charge is 0.493 e. The third-order valence-corrected chi connectivity index (χ3v) is 6.82. The molecule has 1 heterocycles. The van der Waals surface area contributed by atoms with E-state index in [1.54, 1.807) is 12.1 Å². The number of ether oxygens (including phenoxy) is 2. The third kappa shape index (κ3) is 5.17. The molecule has 2 aromatic carbocycles. The average molecular weight is 527 g/mol. The lowest BCUT2D eigenvalue weighted by Gasteiger charge is -2.35. The molecule has 1 aliphatic heterocycles. The second-order valence-corrected chi connectivity index (χ2v) is 9.44. The molecule has 1 aliphatic carbocycles. The number of carbonyl (C=O) groups is 3. The van der Waals surface area contributed by atoms with E-state index in [4.69, 9.17) is 9.47 Å². The van der Waals surface area contributed by atoms with Gasteiger partial charge in [-0.3, -0.25) is 19.8 Å². The Kier molecular flexibility index (Phi) is 7.36. The number of nitrogens with zero attached hydrogens (tertiary/aromatic N) is 1. The van der Waals surface area contributed by atoms with Crippen LogP contribution in [0.2, 0.25) is 0 Å². The van der Waals surface area contributed by atoms with Crippen LogP contribution in [0.1, 0.15) is 48.8 Å². The Morgan fingerprint density at radius 2 is 1.85 bits per heavy atom. The van der Waals surface area contributed by atoms with Crippen LogP contribution >= 0.6 is 15.9 Å². The van der Waals surface area contributed by atoms with Crippen molar-refractivity contribution in [2.75, 3.05) is 7.11 Å². The quantitative estimate of drug-likeness (QED) is 0.416. The van der Waals surface area contributed by atoms with Gasteiger partial charge in [0.15, 0.2) is 11.5 Å². The van der Waals surface area contributed by atoms with Crippen LogP contribution in [-0.2, 0) is 16.2 Å². The second kappa shape index (κ2) is 10.4. The number of carbonyl (C=O) groups excluding carboxylic acids is 3. The average Bonchev–Trinajstić information content (AvgIpc) is 2.82. The van der Waals surface area contributed by atoms with E-state index >= 15 is 0 Å². The van der Waals surface area contributed by atoms with Gasteiger partial charge in [0.05, 0.1) is 7.11 Å². The van der Waals surface area contributed by atoms with Gasteiger partial charge in [0.2, 0.25) is 0 Å². The first-order valence-electron chi connectivity index (χ1n) is 11.3. The molecule has 8 heteroatoms. The molecule has 1 saturated heterocycles. The highest BCUT2D eigenvalue weighted by atomic mass is 79.9. The molecule has 0 unspecified atom stereocenters. The summed E-state index contributed by atoms with van der Waals surface area (Å²) in [6, 6.07) is 10.6. The van der Waals surface area contributed by atoms with E-state index in [1.165, 1.54) is 18.1 Å². The number of barbiturate groups is 1. The number of nitrogens with one attached hydrogen (secondary N) is 1. The molecule has 2 aliphatic rings. The fourth-order valence-electron chi connectivity index (χ4n) is 4.39. The summed E-state index contributed by atoms with van der Waals surface area (Å²) in [5, 5.41) is 2.32. The minimum atomic E-state index is -0.701. The van der Waals surface area contributed by atoms with Gasteiger partial charge in [-0.2, -0.15) is 0 Å². The maximum Gasteiger partial charge on any atom is 0.331 e. The highest BCUT2D eigenvalue weighted by Crippen LogP contribution is 2.36. The highest BCUT2D eigenvalue weighted by Gasteiger charge is 2.40. The molecule has 0 spiro atoms. The summed E-state index contributed by atoms with van der Waals surface area (Å²) in [5.74, 6) is -0.276. The molecule has 1 saturated carbocycles. The topological polar surface area (TPSA) is 84.9 Å². The lowest BCUT2D eigenvalue weighted by atomic mass is 9.93. The minimum Gasteiger partial charge on any atom is -0.493 e. The van der Waals surface area contributed by atoms with Gasteiger partial charge in [0, 0.05) is 10.5 Å². The number of rotatable bonds is 6. The molecule has 34 heavy (non-hydrogen) atoms. The van der Waals surface area contributed by atoms with Crippen molar-refractivity contribution in [3.8, 4) is 11.5 Å². The maximum absolute atomic E-state index is 13.2. The summed E-state index contributed by atoms with van der Waals surface area (Å²) in [4.78, 5) is 39.4. The van der Waals surface area contributed by atoms with Crippen LogP contribution in [0, 0.1) is 6.92 Å². The Hall–Kier alpha value is -3.13. The Balaban J connectivity index is 1.60. The Morgan fingerprint density at radius 1 is 1.09 bits per heavy atom. The van der Waals surface area contributed by atoms with Crippen molar-refractivity contribution in [1.82, 2.24) is 10.2 Å². The van der Waals surface area contributed by atoms with Gasteiger partial charge >= 0.3 is 6.03 Å². The zero-order valence-electron chi connectivity index (χ0n) is 19.2. The van der Waals surface area contributed by atoms with E-state index in [1.807, 2.05) is 31.2 Å². The zero-order valence-corrected chi connectivity index (χ0v) is 20.8. The molecule has 7 nitrogen and oxygen atoms in total. The SMILES string of the molecule is COc1cc(C=C2C(=O)NC(=O)N(C3CCCCC3)C2=O)c(Br)cc1OCc1cccc(C)c1. The molecular formula is C26H27BrN2O5. The lowest BCUT2D eigenvalue weighted by molar-refractivity contribution is -0.132. The fraction of sp³-hybridized carbons (Fsp3) is 0.346. The molecule has 0 bridgehead atoms. The van der Waals surface area contributed by atoms with Gasteiger partial charge in [-0.25, -0.2) is 4.79 Å². The third-order valence-electron chi connectivity index (χ3n) is 6.13. The van der Waals surface area contributed by atoms with Crippen LogP contribution in [-0.4, -0.2) is 35.9 Å². The predicted octanol–water partition coefficient (Wildman–Crippen LogP) is 5.14. The summed E-state index contributed by atoms with van der Waals surface area (Å²) in [6.45, 7) is 2.39. The maximum atomic E-state index is 13.2. The zero-order chi connectivity index (χ0) is 24.2. The van der Waals surface area contributed by atoms with Gasteiger partial charge in [-0.1, -0.05) is 65.0 Å².